The van der Waals surface area contributed by atoms with E-state index in [1.54, 1.807) is 24.3 Å². The van der Waals surface area contributed by atoms with E-state index in [1.807, 2.05) is 6.92 Å². The fourth-order valence-corrected chi connectivity index (χ4v) is 1.43. The molecule has 4 heteroatoms. The van der Waals surface area contributed by atoms with Gasteiger partial charge in [0.05, 0.1) is 4.92 Å². The van der Waals surface area contributed by atoms with E-state index in [0.717, 1.165) is 6.42 Å². The second-order valence-corrected chi connectivity index (χ2v) is 3.57. The average Bonchev–Trinajstić information content (AvgIpc) is 2.20. The second kappa shape index (κ2) is 5.51. The zero-order chi connectivity index (χ0) is 11.3. The maximum Gasteiger partial charge on any atom is 0.246 e. The van der Waals surface area contributed by atoms with Gasteiger partial charge in [0.25, 0.3) is 0 Å². The lowest BCUT2D eigenvalue weighted by molar-refractivity contribution is -0.426. The van der Waals surface area contributed by atoms with Gasteiger partial charge < -0.3 is 0 Å². The van der Waals surface area contributed by atoms with E-state index >= 15 is 0 Å². The average molecular weight is 226 g/mol. The molecule has 0 aliphatic rings. The van der Waals surface area contributed by atoms with Crippen LogP contribution in [0, 0.1) is 10.1 Å². The molecule has 0 heterocycles. The number of halogens is 1. The predicted molar refractivity (Wildman–Crippen MR) is 61.3 cm³/mol. The Labute approximate surface area is 93.5 Å². The first kappa shape index (κ1) is 11.7. The van der Waals surface area contributed by atoms with Gasteiger partial charge in [-0.25, -0.2) is 0 Å². The lowest BCUT2D eigenvalue weighted by Crippen LogP contribution is -1.98. The quantitative estimate of drug-likeness (QED) is 0.579. The first-order valence-electron chi connectivity index (χ1n) is 4.74. The highest BCUT2D eigenvalue weighted by molar-refractivity contribution is 6.32. The minimum atomic E-state index is -0.354. The summed E-state index contributed by atoms with van der Waals surface area (Å²) in [5.41, 5.74) is 0.893. The molecule has 0 spiro atoms. The molecule has 0 radical (unpaired) electrons. The van der Waals surface area contributed by atoms with Gasteiger partial charge in [0.1, 0.15) is 0 Å². The minimum absolute atomic E-state index is 0.200. The van der Waals surface area contributed by atoms with Gasteiger partial charge in [-0.15, -0.1) is 0 Å². The van der Waals surface area contributed by atoms with Crippen LogP contribution in [0.15, 0.2) is 30.0 Å². The summed E-state index contributed by atoms with van der Waals surface area (Å²) in [5, 5.41) is 11.2. The summed E-state index contributed by atoms with van der Waals surface area (Å²) >= 11 is 5.91. The predicted octanol–water partition coefficient (Wildman–Crippen LogP) is 3.76. The Hall–Kier alpha value is -1.35. The van der Waals surface area contributed by atoms with Gasteiger partial charge in [0.2, 0.25) is 5.70 Å². The summed E-state index contributed by atoms with van der Waals surface area (Å²) in [4.78, 5) is 10.3. The third-order valence-corrected chi connectivity index (χ3v) is 2.31. The van der Waals surface area contributed by atoms with Crippen LogP contribution in [-0.2, 0) is 0 Å². The molecule has 1 aromatic carbocycles. The largest absolute Gasteiger partial charge is 0.259 e. The Morgan fingerprint density at radius 1 is 1.53 bits per heavy atom. The molecule has 0 aliphatic carbocycles. The van der Waals surface area contributed by atoms with Crippen molar-refractivity contribution in [3.63, 3.8) is 0 Å². The summed E-state index contributed by atoms with van der Waals surface area (Å²) in [6.45, 7) is 1.91. The maximum atomic E-state index is 10.7. The van der Waals surface area contributed by atoms with Crippen molar-refractivity contribution in [2.24, 2.45) is 0 Å². The van der Waals surface area contributed by atoms with Crippen LogP contribution in [-0.4, -0.2) is 4.92 Å². The Morgan fingerprint density at radius 2 is 2.20 bits per heavy atom. The maximum absolute atomic E-state index is 10.7. The minimum Gasteiger partial charge on any atom is -0.259 e. The Kier molecular flexibility index (Phi) is 4.31. The van der Waals surface area contributed by atoms with Crippen LogP contribution in [0.1, 0.15) is 25.3 Å². The smallest absolute Gasteiger partial charge is 0.246 e. The van der Waals surface area contributed by atoms with E-state index in [-0.39, 0.29) is 10.6 Å². The molecule has 0 unspecified atom stereocenters. The third-order valence-electron chi connectivity index (χ3n) is 1.97. The van der Waals surface area contributed by atoms with E-state index in [1.165, 1.54) is 6.08 Å². The van der Waals surface area contributed by atoms with Gasteiger partial charge in [0, 0.05) is 17.5 Å². The molecule has 0 N–H and O–H groups in total. The van der Waals surface area contributed by atoms with E-state index < -0.39 is 0 Å². The highest BCUT2D eigenvalue weighted by atomic mass is 35.5. The number of allylic oxidation sites excluding steroid dienone is 1. The zero-order valence-electron chi connectivity index (χ0n) is 8.44. The van der Waals surface area contributed by atoms with Crippen molar-refractivity contribution in [3.8, 4) is 0 Å². The molecule has 0 saturated carbocycles. The molecule has 1 aromatic rings. The fourth-order valence-electron chi connectivity index (χ4n) is 1.24. The summed E-state index contributed by atoms with van der Waals surface area (Å²) < 4.78 is 0. The fraction of sp³-hybridized carbons (Fsp3) is 0.273. The van der Waals surface area contributed by atoms with Crippen LogP contribution in [0.25, 0.3) is 6.08 Å². The van der Waals surface area contributed by atoms with Gasteiger partial charge in [0.15, 0.2) is 0 Å². The van der Waals surface area contributed by atoms with Crippen molar-refractivity contribution in [3.05, 3.63) is 50.7 Å². The molecule has 0 bridgehead atoms. The topological polar surface area (TPSA) is 43.1 Å². The van der Waals surface area contributed by atoms with Gasteiger partial charge in [-0.2, -0.15) is 0 Å². The summed E-state index contributed by atoms with van der Waals surface area (Å²) in [6, 6.07) is 7.09. The molecule has 15 heavy (non-hydrogen) atoms. The lowest BCUT2D eigenvalue weighted by Gasteiger charge is -1.99. The first-order chi connectivity index (χ1) is 7.15. The Balaban J connectivity index is 3.02. The molecule has 0 aromatic heterocycles. The zero-order valence-corrected chi connectivity index (χ0v) is 9.20. The second-order valence-electron chi connectivity index (χ2n) is 3.16. The molecule has 80 valence electrons. The monoisotopic (exact) mass is 225 g/mol. The highest BCUT2D eigenvalue weighted by Gasteiger charge is 2.09. The van der Waals surface area contributed by atoms with E-state index in [9.17, 15) is 10.1 Å². The first-order valence-corrected chi connectivity index (χ1v) is 5.12. The molecule has 0 atom stereocenters. The molecular weight excluding hydrogens is 214 g/mol. The Morgan fingerprint density at radius 3 is 2.73 bits per heavy atom. The SMILES string of the molecule is CCC/C(=C/c1ccccc1Cl)[N+](=O)[O-]. The normalized spacial score (nSPS) is 11.5. The van der Waals surface area contributed by atoms with Crippen LogP contribution in [0.3, 0.4) is 0 Å². The summed E-state index contributed by atoms with van der Waals surface area (Å²) in [5.74, 6) is 0. The van der Waals surface area contributed by atoms with Crippen molar-refractivity contribution in [1.82, 2.24) is 0 Å². The van der Waals surface area contributed by atoms with Crippen LogP contribution >= 0.6 is 11.6 Å². The summed E-state index contributed by atoms with van der Waals surface area (Å²) in [6.07, 6.45) is 2.74. The number of nitro groups is 1. The van der Waals surface area contributed by atoms with E-state index in [4.69, 9.17) is 11.6 Å². The highest BCUT2D eigenvalue weighted by Crippen LogP contribution is 2.19. The van der Waals surface area contributed by atoms with Crippen molar-refractivity contribution in [2.75, 3.05) is 0 Å². The molecule has 3 nitrogen and oxygen atoms in total. The van der Waals surface area contributed by atoms with Gasteiger partial charge in [-0.05, 0) is 18.1 Å². The number of benzene rings is 1. The standard InChI is InChI=1S/C11H12ClNO2/c1-2-5-10(13(14)15)8-9-6-3-4-7-11(9)12/h3-4,6-8H,2,5H2,1H3/b10-8-. The van der Waals surface area contributed by atoms with Crippen molar-refractivity contribution in [2.45, 2.75) is 19.8 Å². The number of nitrogens with zero attached hydrogens (tertiary/aromatic N) is 1. The number of hydrogen-bond acceptors (Lipinski definition) is 2. The van der Waals surface area contributed by atoms with Crippen LogP contribution in [0.5, 0.6) is 0 Å². The van der Waals surface area contributed by atoms with Gasteiger partial charge in [-0.3, -0.25) is 10.1 Å². The van der Waals surface area contributed by atoms with E-state index in [0.29, 0.717) is 17.0 Å². The molecular formula is C11H12ClNO2. The van der Waals surface area contributed by atoms with Crippen molar-refractivity contribution in [1.29, 1.82) is 0 Å². The molecule has 0 fully saturated rings. The van der Waals surface area contributed by atoms with Crippen LogP contribution in [0.2, 0.25) is 5.02 Å². The third kappa shape index (κ3) is 3.36. The number of rotatable bonds is 4. The number of hydrogen-bond donors (Lipinski definition) is 0. The summed E-state index contributed by atoms with van der Waals surface area (Å²) in [7, 11) is 0. The molecule has 1 rings (SSSR count). The van der Waals surface area contributed by atoms with Gasteiger partial charge >= 0.3 is 0 Å². The molecule has 0 aliphatic heterocycles. The van der Waals surface area contributed by atoms with Crippen molar-refractivity contribution >= 4 is 17.7 Å². The van der Waals surface area contributed by atoms with Crippen LogP contribution < -0.4 is 0 Å². The van der Waals surface area contributed by atoms with Crippen molar-refractivity contribution < 1.29 is 4.92 Å². The Bertz CT molecular complexity index is 388. The van der Waals surface area contributed by atoms with Crippen LogP contribution in [0.4, 0.5) is 0 Å². The molecule has 0 amide bonds. The molecule has 0 saturated heterocycles. The van der Waals surface area contributed by atoms with Gasteiger partial charge in [-0.1, -0.05) is 36.7 Å². The van der Waals surface area contributed by atoms with E-state index in [2.05, 4.69) is 0 Å². The lowest BCUT2D eigenvalue weighted by atomic mass is 10.1.